The molecule has 1 fully saturated rings. The maximum Gasteiger partial charge on any atom is 0.131 e. The maximum atomic E-state index is 6.14. The second kappa shape index (κ2) is 7.66. The van der Waals surface area contributed by atoms with Gasteiger partial charge in [0, 0.05) is 18.2 Å². The zero-order valence-electron chi connectivity index (χ0n) is 14.9. The molecule has 2 unspecified atom stereocenters. The molecule has 0 spiro atoms. The van der Waals surface area contributed by atoms with Crippen LogP contribution in [0.3, 0.4) is 0 Å². The average molecular weight is 341 g/mol. The van der Waals surface area contributed by atoms with Crippen LogP contribution in [0.15, 0.2) is 42.5 Å². The Balaban J connectivity index is 1.65. The van der Waals surface area contributed by atoms with Crippen molar-refractivity contribution >= 4 is 11.4 Å². The molecule has 1 aliphatic rings. The summed E-state index contributed by atoms with van der Waals surface area (Å²) in [5, 5.41) is 0. The summed E-state index contributed by atoms with van der Waals surface area (Å²) < 4.78 is 12.0. The second-order valence-corrected chi connectivity index (χ2v) is 6.67. The molecule has 0 saturated carbocycles. The van der Waals surface area contributed by atoms with Gasteiger partial charge in [0.25, 0.3) is 0 Å². The molecule has 0 aromatic heterocycles. The normalized spacial score (nSPS) is 17.2. The number of nitrogen functional groups attached to an aromatic ring is 2. The summed E-state index contributed by atoms with van der Waals surface area (Å²) >= 11 is 0. The Morgan fingerprint density at radius 2 is 1.56 bits per heavy atom. The van der Waals surface area contributed by atoms with Crippen LogP contribution in [-0.4, -0.2) is 30.1 Å². The lowest BCUT2D eigenvalue weighted by atomic mass is 10.2. The van der Waals surface area contributed by atoms with E-state index in [9.17, 15) is 0 Å². The lowest BCUT2D eigenvalue weighted by Gasteiger charge is -2.29. The third-order valence-corrected chi connectivity index (χ3v) is 4.82. The van der Waals surface area contributed by atoms with E-state index >= 15 is 0 Å². The third kappa shape index (κ3) is 4.37. The fourth-order valence-corrected chi connectivity index (χ4v) is 3.12. The first-order valence-corrected chi connectivity index (χ1v) is 8.86. The fourth-order valence-electron chi connectivity index (χ4n) is 3.12. The number of nitrogens with zero attached hydrogens (tertiary/aromatic N) is 1. The van der Waals surface area contributed by atoms with Crippen molar-refractivity contribution in [2.75, 3.05) is 24.6 Å². The molecule has 1 saturated heterocycles. The fraction of sp³-hybridized carbons (Fsp3) is 0.400. The Bertz CT molecular complexity index is 714. The number of hydrogen-bond acceptors (Lipinski definition) is 5. The van der Waals surface area contributed by atoms with E-state index in [-0.39, 0.29) is 6.10 Å². The quantitative estimate of drug-likeness (QED) is 0.780. The SMILES string of the molecule is CC(Oc1cccc(Oc2ccc(N)c(N)c2)c1)C(C)N1CCCC1. The van der Waals surface area contributed by atoms with Crippen LogP contribution in [0.5, 0.6) is 17.2 Å². The van der Waals surface area contributed by atoms with E-state index in [1.165, 1.54) is 12.8 Å². The van der Waals surface area contributed by atoms with Gasteiger partial charge in [0.05, 0.1) is 11.4 Å². The first-order chi connectivity index (χ1) is 12.0. The molecule has 1 aliphatic heterocycles. The summed E-state index contributed by atoms with van der Waals surface area (Å²) in [5.41, 5.74) is 12.6. The van der Waals surface area contributed by atoms with Crippen LogP contribution in [0, 0.1) is 0 Å². The minimum Gasteiger partial charge on any atom is -0.489 e. The Kier molecular flexibility index (Phi) is 5.34. The van der Waals surface area contributed by atoms with Crippen LogP contribution >= 0.6 is 0 Å². The van der Waals surface area contributed by atoms with E-state index in [2.05, 4.69) is 18.7 Å². The Morgan fingerprint density at radius 3 is 2.28 bits per heavy atom. The number of likely N-dealkylation sites (tertiary alicyclic amines) is 1. The molecule has 0 amide bonds. The van der Waals surface area contributed by atoms with Crippen molar-refractivity contribution in [1.82, 2.24) is 4.90 Å². The lowest BCUT2D eigenvalue weighted by molar-refractivity contribution is 0.104. The summed E-state index contributed by atoms with van der Waals surface area (Å²) in [6.45, 7) is 6.68. The van der Waals surface area contributed by atoms with Crippen molar-refractivity contribution in [3.63, 3.8) is 0 Å². The van der Waals surface area contributed by atoms with Crippen molar-refractivity contribution in [3.05, 3.63) is 42.5 Å². The summed E-state index contributed by atoms with van der Waals surface area (Å²) in [6.07, 6.45) is 2.68. The molecule has 4 N–H and O–H groups in total. The highest BCUT2D eigenvalue weighted by Gasteiger charge is 2.24. The molecule has 0 radical (unpaired) electrons. The van der Waals surface area contributed by atoms with Crippen LogP contribution in [0.25, 0.3) is 0 Å². The first kappa shape index (κ1) is 17.4. The molecule has 134 valence electrons. The minimum absolute atomic E-state index is 0.112. The van der Waals surface area contributed by atoms with E-state index in [4.69, 9.17) is 20.9 Å². The van der Waals surface area contributed by atoms with E-state index in [0.29, 0.717) is 28.9 Å². The van der Waals surface area contributed by atoms with E-state index < -0.39 is 0 Å². The number of nitrogens with two attached hydrogens (primary N) is 2. The van der Waals surface area contributed by atoms with Crippen LogP contribution in [0.2, 0.25) is 0 Å². The average Bonchev–Trinajstić information content (AvgIpc) is 3.12. The van der Waals surface area contributed by atoms with Gasteiger partial charge in [-0.25, -0.2) is 0 Å². The third-order valence-electron chi connectivity index (χ3n) is 4.82. The van der Waals surface area contributed by atoms with Gasteiger partial charge >= 0.3 is 0 Å². The smallest absolute Gasteiger partial charge is 0.131 e. The summed E-state index contributed by atoms with van der Waals surface area (Å²) in [7, 11) is 0. The maximum absolute atomic E-state index is 6.14. The van der Waals surface area contributed by atoms with Gasteiger partial charge in [0.1, 0.15) is 23.4 Å². The molecular formula is C20H27N3O2. The topological polar surface area (TPSA) is 73.7 Å². The van der Waals surface area contributed by atoms with Gasteiger partial charge in [-0.3, -0.25) is 4.90 Å². The predicted molar refractivity (Wildman–Crippen MR) is 102 cm³/mol. The molecule has 0 aliphatic carbocycles. The van der Waals surface area contributed by atoms with Gasteiger partial charge in [-0.05, 0) is 64.0 Å². The number of ether oxygens (including phenoxy) is 2. The van der Waals surface area contributed by atoms with Crippen LogP contribution in [0.4, 0.5) is 11.4 Å². The molecule has 2 atom stereocenters. The van der Waals surface area contributed by atoms with Crippen molar-refractivity contribution in [3.8, 4) is 17.2 Å². The van der Waals surface area contributed by atoms with Crippen LogP contribution < -0.4 is 20.9 Å². The number of rotatable bonds is 6. The molecule has 1 heterocycles. The van der Waals surface area contributed by atoms with E-state index in [1.807, 2.05) is 24.3 Å². The number of hydrogen-bond donors (Lipinski definition) is 2. The molecule has 3 rings (SSSR count). The highest BCUT2D eigenvalue weighted by molar-refractivity contribution is 5.65. The van der Waals surface area contributed by atoms with Crippen molar-refractivity contribution in [2.24, 2.45) is 0 Å². The summed E-state index contributed by atoms with van der Waals surface area (Å²) in [5.74, 6) is 2.17. The first-order valence-electron chi connectivity index (χ1n) is 8.86. The van der Waals surface area contributed by atoms with Crippen molar-refractivity contribution in [2.45, 2.75) is 38.8 Å². The molecule has 2 aromatic rings. The molecule has 25 heavy (non-hydrogen) atoms. The zero-order valence-corrected chi connectivity index (χ0v) is 14.9. The largest absolute Gasteiger partial charge is 0.489 e. The highest BCUT2D eigenvalue weighted by atomic mass is 16.5. The molecule has 5 heteroatoms. The monoisotopic (exact) mass is 341 g/mol. The minimum atomic E-state index is 0.112. The molecule has 5 nitrogen and oxygen atoms in total. The summed E-state index contributed by atoms with van der Waals surface area (Å²) in [4.78, 5) is 2.49. The zero-order chi connectivity index (χ0) is 17.8. The number of anilines is 2. The van der Waals surface area contributed by atoms with Crippen molar-refractivity contribution < 1.29 is 9.47 Å². The number of benzene rings is 2. The Hall–Kier alpha value is -2.40. The van der Waals surface area contributed by atoms with Gasteiger partial charge in [-0.2, -0.15) is 0 Å². The van der Waals surface area contributed by atoms with E-state index in [1.54, 1.807) is 18.2 Å². The second-order valence-electron chi connectivity index (χ2n) is 6.67. The van der Waals surface area contributed by atoms with Gasteiger partial charge in [0.2, 0.25) is 0 Å². The van der Waals surface area contributed by atoms with Crippen LogP contribution in [0.1, 0.15) is 26.7 Å². The molecular weight excluding hydrogens is 314 g/mol. The lowest BCUT2D eigenvalue weighted by Crippen LogP contribution is -2.41. The Morgan fingerprint density at radius 1 is 0.880 bits per heavy atom. The predicted octanol–water partition coefficient (Wildman–Crippen LogP) is 3.89. The molecule has 0 bridgehead atoms. The van der Waals surface area contributed by atoms with Gasteiger partial charge in [-0.1, -0.05) is 6.07 Å². The van der Waals surface area contributed by atoms with E-state index in [0.717, 1.165) is 18.8 Å². The Labute approximate surface area is 149 Å². The molecule has 2 aromatic carbocycles. The summed E-state index contributed by atoms with van der Waals surface area (Å²) in [6, 6.07) is 13.3. The highest BCUT2D eigenvalue weighted by Crippen LogP contribution is 2.29. The van der Waals surface area contributed by atoms with Crippen LogP contribution in [-0.2, 0) is 0 Å². The standard InChI is InChI=1S/C20H27N3O2/c1-14(23-10-3-4-11-23)15(2)24-16-6-5-7-17(12-16)25-18-8-9-19(21)20(22)13-18/h5-9,12-15H,3-4,10-11,21-22H2,1-2H3. The van der Waals surface area contributed by atoms with Gasteiger partial charge < -0.3 is 20.9 Å². The van der Waals surface area contributed by atoms with Crippen molar-refractivity contribution in [1.29, 1.82) is 0 Å². The van der Waals surface area contributed by atoms with Gasteiger partial charge in [0.15, 0.2) is 0 Å². The van der Waals surface area contributed by atoms with Gasteiger partial charge in [-0.15, -0.1) is 0 Å².